The topological polar surface area (TPSA) is 57.7 Å². The van der Waals surface area contributed by atoms with Gasteiger partial charge >= 0.3 is 0 Å². The molecule has 0 aromatic heterocycles. The van der Waals surface area contributed by atoms with Crippen molar-refractivity contribution >= 4 is 33.2 Å². The summed E-state index contributed by atoms with van der Waals surface area (Å²) in [5.74, 6) is -0.792. The van der Waals surface area contributed by atoms with E-state index >= 15 is 0 Å². The van der Waals surface area contributed by atoms with Crippen molar-refractivity contribution in [1.29, 1.82) is 0 Å². The van der Waals surface area contributed by atoms with E-state index in [0.29, 0.717) is 19.4 Å². The maximum Gasteiger partial charge on any atom is 0.243 e. The van der Waals surface area contributed by atoms with Gasteiger partial charge < -0.3 is 4.90 Å². The number of sulfonamides is 1. The smallest absolute Gasteiger partial charge is 0.243 e. The maximum absolute atomic E-state index is 13.4. The number of piperidine rings is 1. The van der Waals surface area contributed by atoms with Crippen molar-refractivity contribution < 1.29 is 17.6 Å². The summed E-state index contributed by atoms with van der Waals surface area (Å²) in [6, 6.07) is 7.65. The SMILES string of the molecule is Cc1cc(C)c2c(c1)N(C(=O)C1CCN(S(=O)(=O)c3ccc(F)c(Cl)c3)CC1)CCC2. The molecule has 0 spiro atoms. The zero-order valence-corrected chi connectivity index (χ0v) is 19.3. The number of nitrogens with zero attached hydrogens (tertiary/aromatic N) is 2. The predicted octanol–water partition coefficient (Wildman–Crippen LogP) is 4.48. The number of hydrogen-bond donors (Lipinski definition) is 0. The van der Waals surface area contributed by atoms with E-state index in [2.05, 4.69) is 19.1 Å². The van der Waals surface area contributed by atoms with Crippen LogP contribution in [0, 0.1) is 25.6 Å². The monoisotopic (exact) mass is 464 g/mol. The zero-order valence-electron chi connectivity index (χ0n) is 17.7. The van der Waals surface area contributed by atoms with Crippen molar-refractivity contribution in [3.63, 3.8) is 0 Å². The Balaban J connectivity index is 1.48. The average Bonchev–Trinajstić information content (AvgIpc) is 2.74. The van der Waals surface area contributed by atoms with Crippen LogP contribution in [-0.2, 0) is 21.2 Å². The van der Waals surface area contributed by atoms with Crippen LogP contribution < -0.4 is 4.90 Å². The Kier molecular flexibility index (Phi) is 6.12. The highest BCUT2D eigenvalue weighted by Crippen LogP contribution is 2.34. The van der Waals surface area contributed by atoms with Gasteiger partial charge in [0.1, 0.15) is 5.82 Å². The second kappa shape index (κ2) is 8.52. The lowest BCUT2D eigenvalue weighted by Gasteiger charge is -2.36. The molecule has 2 aromatic rings. The first-order valence-electron chi connectivity index (χ1n) is 10.5. The number of hydrogen-bond acceptors (Lipinski definition) is 3. The molecule has 166 valence electrons. The van der Waals surface area contributed by atoms with E-state index in [4.69, 9.17) is 11.6 Å². The molecule has 1 fully saturated rings. The van der Waals surface area contributed by atoms with E-state index < -0.39 is 15.8 Å². The van der Waals surface area contributed by atoms with Crippen molar-refractivity contribution in [1.82, 2.24) is 4.31 Å². The summed E-state index contributed by atoms with van der Waals surface area (Å²) in [5.41, 5.74) is 4.59. The standard InChI is InChI=1S/C23H26ClFN2O3S/c1-15-12-16(2)19-4-3-9-27(22(19)13-15)23(28)17-7-10-26(11-8-17)31(29,30)18-5-6-21(25)20(24)14-18/h5-6,12-14,17H,3-4,7-11H2,1-2H3. The second-order valence-electron chi connectivity index (χ2n) is 8.43. The Morgan fingerprint density at radius 2 is 1.81 bits per heavy atom. The van der Waals surface area contributed by atoms with Crippen LogP contribution in [0.3, 0.4) is 0 Å². The van der Waals surface area contributed by atoms with Gasteiger partial charge in [0.05, 0.1) is 9.92 Å². The molecular formula is C23H26ClFN2O3S. The summed E-state index contributed by atoms with van der Waals surface area (Å²) in [6.07, 6.45) is 2.83. The number of aryl methyl sites for hydroxylation is 2. The Hall–Kier alpha value is -1.96. The van der Waals surface area contributed by atoms with Crippen molar-refractivity contribution in [3.05, 3.63) is 57.9 Å². The van der Waals surface area contributed by atoms with Gasteiger partial charge in [0.2, 0.25) is 15.9 Å². The van der Waals surface area contributed by atoms with Crippen LogP contribution in [0.1, 0.15) is 36.0 Å². The summed E-state index contributed by atoms with van der Waals surface area (Å²) in [7, 11) is -3.78. The first kappa shape index (κ1) is 22.2. The van der Waals surface area contributed by atoms with Crippen molar-refractivity contribution in [2.75, 3.05) is 24.5 Å². The Morgan fingerprint density at radius 1 is 1.10 bits per heavy atom. The predicted molar refractivity (Wildman–Crippen MR) is 119 cm³/mol. The lowest BCUT2D eigenvalue weighted by molar-refractivity contribution is -0.123. The number of halogens is 2. The molecule has 0 saturated carbocycles. The minimum absolute atomic E-state index is 0.0282. The first-order valence-corrected chi connectivity index (χ1v) is 12.4. The number of carbonyl (C=O) groups is 1. The molecule has 0 bridgehead atoms. The number of benzene rings is 2. The number of rotatable bonds is 3. The fourth-order valence-corrected chi connectivity index (χ4v) is 6.40. The van der Waals surface area contributed by atoms with Gasteiger partial charge in [-0.05, 0) is 80.5 Å². The Morgan fingerprint density at radius 3 is 2.48 bits per heavy atom. The lowest BCUT2D eigenvalue weighted by Crippen LogP contribution is -2.45. The fourth-order valence-electron chi connectivity index (χ4n) is 4.65. The molecule has 0 atom stereocenters. The summed E-state index contributed by atoms with van der Waals surface area (Å²) in [4.78, 5) is 15.2. The number of fused-ring (bicyclic) bond motifs is 1. The van der Waals surface area contributed by atoms with Crippen LogP contribution in [0.2, 0.25) is 5.02 Å². The summed E-state index contributed by atoms with van der Waals surface area (Å²) >= 11 is 5.76. The van der Waals surface area contributed by atoms with E-state index in [1.54, 1.807) is 0 Å². The number of amides is 1. The number of carbonyl (C=O) groups excluding carboxylic acids is 1. The van der Waals surface area contributed by atoms with Crippen LogP contribution in [0.4, 0.5) is 10.1 Å². The molecule has 8 heteroatoms. The maximum atomic E-state index is 13.4. The van der Waals surface area contributed by atoms with Gasteiger partial charge in [-0.15, -0.1) is 0 Å². The minimum Gasteiger partial charge on any atom is -0.312 e. The van der Waals surface area contributed by atoms with Crippen LogP contribution in [0.15, 0.2) is 35.2 Å². The van der Waals surface area contributed by atoms with Gasteiger partial charge in [-0.3, -0.25) is 4.79 Å². The molecule has 1 amide bonds. The molecule has 31 heavy (non-hydrogen) atoms. The van der Waals surface area contributed by atoms with Crippen LogP contribution in [0.25, 0.3) is 0 Å². The van der Waals surface area contributed by atoms with Crippen LogP contribution >= 0.6 is 11.6 Å². The van der Waals surface area contributed by atoms with Gasteiger partial charge in [0.25, 0.3) is 0 Å². The third kappa shape index (κ3) is 4.23. The molecule has 2 aromatic carbocycles. The second-order valence-corrected chi connectivity index (χ2v) is 10.8. The average molecular weight is 465 g/mol. The molecule has 0 aliphatic carbocycles. The van der Waals surface area contributed by atoms with Crippen molar-refractivity contribution in [2.24, 2.45) is 5.92 Å². The third-order valence-corrected chi connectivity index (χ3v) is 8.48. The Bertz CT molecular complexity index is 1130. The molecule has 2 aliphatic heterocycles. The molecule has 0 unspecified atom stereocenters. The molecule has 4 rings (SSSR count). The van der Waals surface area contributed by atoms with Gasteiger partial charge in [-0.25, -0.2) is 12.8 Å². The van der Waals surface area contributed by atoms with E-state index in [1.807, 2.05) is 11.8 Å². The highest BCUT2D eigenvalue weighted by atomic mass is 35.5. The molecule has 2 aliphatic rings. The minimum atomic E-state index is -3.78. The molecular weight excluding hydrogens is 439 g/mol. The molecule has 0 radical (unpaired) electrons. The van der Waals surface area contributed by atoms with E-state index in [1.165, 1.54) is 21.5 Å². The quantitative estimate of drug-likeness (QED) is 0.673. The van der Waals surface area contributed by atoms with Gasteiger partial charge in [-0.2, -0.15) is 4.31 Å². The lowest BCUT2D eigenvalue weighted by atomic mass is 9.91. The van der Waals surface area contributed by atoms with Crippen molar-refractivity contribution in [2.45, 2.75) is 44.4 Å². The zero-order chi connectivity index (χ0) is 22.3. The van der Waals surface area contributed by atoms with E-state index in [0.717, 1.165) is 36.2 Å². The Labute approximate surface area is 187 Å². The summed E-state index contributed by atoms with van der Waals surface area (Å²) < 4.78 is 40.6. The first-order chi connectivity index (χ1) is 14.7. The normalized spacial score (nSPS) is 18.1. The highest BCUT2D eigenvalue weighted by molar-refractivity contribution is 7.89. The summed E-state index contributed by atoms with van der Waals surface area (Å²) in [5, 5.41) is -0.222. The van der Waals surface area contributed by atoms with E-state index in [9.17, 15) is 17.6 Å². The highest BCUT2D eigenvalue weighted by Gasteiger charge is 2.35. The van der Waals surface area contributed by atoms with Crippen LogP contribution in [-0.4, -0.2) is 38.3 Å². The molecule has 2 heterocycles. The molecule has 5 nitrogen and oxygen atoms in total. The summed E-state index contributed by atoms with van der Waals surface area (Å²) in [6.45, 7) is 5.32. The fraction of sp³-hybridized carbons (Fsp3) is 0.435. The van der Waals surface area contributed by atoms with Gasteiger partial charge in [0.15, 0.2) is 0 Å². The van der Waals surface area contributed by atoms with Crippen molar-refractivity contribution in [3.8, 4) is 0 Å². The van der Waals surface area contributed by atoms with Crippen LogP contribution in [0.5, 0.6) is 0 Å². The largest absolute Gasteiger partial charge is 0.312 e. The molecule has 0 N–H and O–H groups in total. The van der Waals surface area contributed by atoms with E-state index in [-0.39, 0.29) is 34.8 Å². The third-order valence-electron chi connectivity index (χ3n) is 6.29. The van der Waals surface area contributed by atoms with Gasteiger partial charge in [0, 0.05) is 31.2 Å². The number of anilines is 1. The molecule has 1 saturated heterocycles. The van der Waals surface area contributed by atoms with Gasteiger partial charge in [-0.1, -0.05) is 17.7 Å².